The molecule has 2 aromatic carbocycles. The van der Waals surface area contributed by atoms with Crippen molar-refractivity contribution in [1.82, 2.24) is 0 Å². The Morgan fingerprint density at radius 1 is 1.16 bits per heavy atom. The molecule has 0 amide bonds. The predicted octanol–water partition coefficient (Wildman–Crippen LogP) is 4.13. The molecule has 0 aliphatic carbocycles. The van der Waals surface area contributed by atoms with E-state index in [9.17, 15) is 9.18 Å². The van der Waals surface area contributed by atoms with Crippen LogP contribution in [0.15, 0.2) is 48.5 Å². The molecular weight excluding hydrogens is 267 g/mol. The van der Waals surface area contributed by atoms with Crippen LogP contribution < -0.4 is 4.74 Å². The molecule has 0 atom stereocenters. The summed E-state index contributed by atoms with van der Waals surface area (Å²) in [5.74, 6) is -0.458. The van der Waals surface area contributed by atoms with Gasteiger partial charge < -0.3 is 4.74 Å². The molecular formula is C15H12ClFO2. The molecule has 0 fully saturated rings. The molecule has 4 heteroatoms. The normalized spacial score (nSPS) is 10.2. The van der Waals surface area contributed by atoms with Crippen molar-refractivity contribution in [2.75, 3.05) is 6.61 Å². The molecule has 2 aromatic rings. The summed E-state index contributed by atoms with van der Waals surface area (Å²) in [6, 6.07) is 13.1. The number of rotatable bonds is 5. The standard InChI is InChI=1S/C15H12ClFO2/c16-12-6-7-15(13(17)10-12)19-9-8-14(18)11-4-2-1-3-5-11/h1-7,10H,8-9H2. The Morgan fingerprint density at radius 3 is 2.58 bits per heavy atom. The van der Waals surface area contributed by atoms with Crippen molar-refractivity contribution in [2.24, 2.45) is 0 Å². The monoisotopic (exact) mass is 278 g/mol. The predicted molar refractivity (Wildman–Crippen MR) is 72.3 cm³/mol. The molecule has 0 saturated heterocycles. The summed E-state index contributed by atoms with van der Waals surface area (Å²) in [4.78, 5) is 11.8. The maximum Gasteiger partial charge on any atom is 0.166 e. The molecule has 0 N–H and O–H groups in total. The minimum Gasteiger partial charge on any atom is -0.490 e. The largest absolute Gasteiger partial charge is 0.490 e. The van der Waals surface area contributed by atoms with Gasteiger partial charge in [-0.25, -0.2) is 4.39 Å². The summed E-state index contributed by atoms with van der Waals surface area (Å²) >= 11 is 5.63. The molecule has 0 saturated carbocycles. The lowest BCUT2D eigenvalue weighted by atomic mass is 10.1. The molecule has 0 bridgehead atoms. The van der Waals surface area contributed by atoms with E-state index in [1.165, 1.54) is 12.1 Å². The van der Waals surface area contributed by atoms with E-state index in [0.717, 1.165) is 0 Å². The maximum absolute atomic E-state index is 13.4. The molecule has 0 radical (unpaired) electrons. The lowest BCUT2D eigenvalue weighted by molar-refractivity contribution is 0.0961. The van der Waals surface area contributed by atoms with Crippen molar-refractivity contribution in [3.63, 3.8) is 0 Å². The van der Waals surface area contributed by atoms with Crippen LogP contribution in [0, 0.1) is 5.82 Å². The van der Waals surface area contributed by atoms with Crippen molar-refractivity contribution in [3.05, 3.63) is 64.9 Å². The van der Waals surface area contributed by atoms with Gasteiger partial charge in [-0.2, -0.15) is 0 Å². The maximum atomic E-state index is 13.4. The Balaban J connectivity index is 1.88. The van der Waals surface area contributed by atoms with Gasteiger partial charge in [0.2, 0.25) is 0 Å². The highest BCUT2D eigenvalue weighted by atomic mass is 35.5. The molecule has 0 aliphatic rings. The van der Waals surface area contributed by atoms with Gasteiger partial charge in [-0.15, -0.1) is 0 Å². The summed E-state index contributed by atoms with van der Waals surface area (Å²) < 4.78 is 18.6. The van der Waals surface area contributed by atoms with Gasteiger partial charge in [0.15, 0.2) is 17.3 Å². The summed E-state index contributed by atoms with van der Waals surface area (Å²) in [6.07, 6.45) is 0.200. The molecule has 2 rings (SSSR count). The molecule has 98 valence electrons. The van der Waals surface area contributed by atoms with Crippen LogP contribution in [-0.4, -0.2) is 12.4 Å². The second-order valence-corrected chi connectivity index (χ2v) is 4.40. The van der Waals surface area contributed by atoms with E-state index in [-0.39, 0.29) is 24.6 Å². The Bertz CT molecular complexity index is 570. The first-order valence-corrected chi connectivity index (χ1v) is 6.21. The number of hydrogen-bond donors (Lipinski definition) is 0. The van der Waals surface area contributed by atoms with Gasteiger partial charge in [-0.1, -0.05) is 41.9 Å². The highest BCUT2D eigenvalue weighted by molar-refractivity contribution is 6.30. The van der Waals surface area contributed by atoms with Crippen LogP contribution in [-0.2, 0) is 0 Å². The number of hydrogen-bond acceptors (Lipinski definition) is 2. The zero-order valence-corrected chi connectivity index (χ0v) is 10.9. The minimum absolute atomic E-state index is 0.0324. The summed E-state index contributed by atoms with van der Waals surface area (Å²) in [5, 5.41) is 0.310. The smallest absolute Gasteiger partial charge is 0.166 e. The second kappa shape index (κ2) is 6.34. The van der Waals surface area contributed by atoms with E-state index in [1.54, 1.807) is 30.3 Å². The molecule has 0 heterocycles. The van der Waals surface area contributed by atoms with E-state index >= 15 is 0 Å². The number of benzene rings is 2. The van der Waals surface area contributed by atoms with Gasteiger partial charge in [0.25, 0.3) is 0 Å². The summed E-state index contributed by atoms with van der Waals surface area (Å²) in [7, 11) is 0. The van der Waals surface area contributed by atoms with Crippen molar-refractivity contribution >= 4 is 17.4 Å². The third-order valence-corrected chi connectivity index (χ3v) is 2.81. The fourth-order valence-corrected chi connectivity index (χ4v) is 1.77. The highest BCUT2D eigenvalue weighted by Gasteiger charge is 2.07. The molecule has 19 heavy (non-hydrogen) atoms. The molecule has 0 spiro atoms. The van der Waals surface area contributed by atoms with Gasteiger partial charge >= 0.3 is 0 Å². The van der Waals surface area contributed by atoms with Crippen LogP contribution >= 0.6 is 11.6 Å². The van der Waals surface area contributed by atoms with Gasteiger partial charge in [0.1, 0.15) is 0 Å². The Morgan fingerprint density at radius 2 is 1.89 bits per heavy atom. The van der Waals surface area contributed by atoms with Crippen LogP contribution in [0.1, 0.15) is 16.8 Å². The third-order valence-electron chi connectivity index (χ3n) is 2.58. The van der Waals surface area contributed by atoms with Crippen LogP contribution in [0.25, 0.3) is 0 Å². The first-order chi connectivity index (χ1) is 9.16. The SMILES string of the molecule is O=C(CCOc1ccc(Cl)cc1F)c1ccccc1. The topological polar surface area (TPSA) is 26.3 Å². The zero-order valence-electron chi connectivity index (χ0n) is 10.1. The average Bonchev–Trinajstić information content (AvgIpc) is 2.42. The number of halogens is 2. The quantitative estimate of drug-likeness (QED) is 0.769. The third kappa shape index (κ3) is 3.80. The Labute approximate surface area is 115 Å². The fraction of sp³-hybridized carbons (Fsp3) is 0.133. The van der Waals surface area contributed by atoms with Crippen LogP contribution in [0.4, 0.5) is 4.39 Å². The van der Waals surface area contributed by atoms with Gasteiger partial charge in [0.05, 0.1) is 6.61 Å². The Hall–Kier alpha value is -1.87. The summed E-state index contributed by atoms with van der Waals surface area (Å²) in [6.45, 7) is 0.131. The highest BCUT2D eigenvalue weighted by Crippen LogP contribution is 2.21. The Kier molecular flexibility index (Phi) is 4.53. The second-order valence-electron chi connectivity index (χ2n) is 3.96. The number of carbonyl (C=O) groups excluding carboxylic acids is 1. The van der Waals surface area contributed by atoms with Crippen LogP contribution in [0.2, 0.25) is 5.02 Å². The molecule has 0 unspecified atom stereocenters. The zero-order chi connectivity index (χ0) is 13.7. The van der Waals surface area contributed by atoms with Crippen molar-refractivity contribution in [3.8, 4) is 5.75 Å². The van der Waals surface area contributed by atoms with Gasteiger partial charge in [0, 0.05) is 17.0 Å². The van der Waals surface area contributed by atoms with E-state index in [2.05, 4.69) is 0 Å². The minimum atomic E-state index is -0.528. The van der Waals surface area contributed by atoms with E-state index in [1.807, 2.05) is 6.07 Å². The van der Waals surface area contributed by atoms with Gasteiger partial charge in [-0.3, -0.25) is 4.79 Å². The van der Waals surface area contributed by atoms with Gasteiger partial charge in [-0.05, 0) is 18.2 Å². The number of ketones is 1. The van der Waals surface area contributed by atoms with E-state index < -0.39 is 5.82 Å². The van der Waals surface area contributed by atoms with E-state index in [4.69, 9.17) is 16.3 Å². The lowest BCUT2D eigenvalue weighted by Gasteiger charge is -2.07. The van der Waals surface area contributed by atoms with Crippen LogP contribution in [0.3, 0.4) is 0 Å². The first-order valence-electron chi connectivity index (χ1n) is 5.83. The van der Waals surface area contributed by atoms with Crippen molar-refractivity contribution in [1.29, 1.82) is 0 Å². The number of ether oxygens (including phenoxy) is 1. The lowest BCUT2D eigenvalue weighted by Crippen LogP contribution is -2.07. The fourth-order valence-electron chi connectivity index (χ4n) is 1.61. The van der Waals surface area contributed by atoms with Crippen molar-refractivity contribution < 1.29 is 13.9 Å². The number of Topliss-reactive ketones (excluding diaryl/α,β-unsaturated/α-hetero) is 1. The molecule has 2 nitrogen and oxygen atoms in total. The summed E-state index contributed by atoms with van der Waals surface area (Å²) in [5.41, 5.74) is 0.627. The van der Waals surface area contributed by atoms with E-state index in [0.29, 0.717) is 10.6 Å². The van der Waals surface area contributed by atoms with Crippen LogP contribution in [0.5, 0.6) is 5.75 Å². The molecule has 0 aliphatic heterocycles. The number of carbonyl (C=O) groups is 1. The molecule has 0 aromatic heterocycles. The first kappa shape index (κ1) is 13.6. The average molecular weight is 279 g/mol. The van der Waals surface area contributed by atoms with Crippen molar-refractivity contribution in [2.45, 2.75) is 6.42 Å².